The molecule has 0 radical (unpaired) electrons. The Morgan fingerprint density at radius 1 is 1.39 bits per heavy atom. The number of nitrogens with zero attached hydrogens (tertiary/aromatic N) is 3. The molecule has 1 amide bonds. The highest BCUT2D eigenvalue weighted by Gasteiger charge is 2.17. The quantitative estimate of drug-likeness (QED) is 0.821. The van der Waals surface area contributed by atoms with Crippen LogP contribution < -0.4 is 5.32 Å². The SMILES string of the molecule is CC(C)(C)OC(=O)Nc1ncnc(CC(=O)O)n1. The Kier molecular flexibility index (Phi) is 4.13. The predicted octanol–water partition coefficient (Wildman–Crippen LogP) is 0.846. The van der Waals surface area contributed by atoms with Crippen LogP contribution in [-0.4, -0.2) is 37.7 Å². The molecule has 0 aliphatic heterocycles. The van der Waals surface area contributed by atoms with Crippen LogP contribution in [0.3, 0.4) is 0 Å². The van der Waals surface area contributed by atoms with E-state index in [1.54, 1.807) is 20.8 Å². The second-order valence-electron chi connectivity index (χ2n) is 4.42. The molecule has 0 aliphatic rings. The van der Waals surface area contributed by atoms with Crippen LogP contribution >= 0.6 is 0 Å². The summed E-state index contributed by atoms with van der Waals surface area (Å²) in [5.41, 5.74) is -0.638. The zero-order valence-electron chi connectivity index (χ0n) is 10.3. The molecule has 0 aromatic carbocycles. The van der Waals surface area contributed by atoms with Crippen molar-refractivity contribution < 1.29 is 19.4 Å². The highest BCUT2D eigenvalue weighted by atomic mass is 16.6. The first-order valence-corrected chi connectivity index (χ1v) is 5.16. The van der Waals surface area contributed by atoms with Gasteiger partial charge in [-0.05, 0) is 20.8 Å². The van der Waals surface area contributed by atoms with Gasteiger partial charge in [0.2, 0.25) is 5.95 Å². The summed E-state index contributed by atoms with van der Waals surface area (Å²) in [6.07, 6.45) is 0.0683. The molecule has 2 N–H and O–H groups in total. The summed E-state index contributed by atoms with van der Waals surface area (Å²) in [5, 5.41) is 10.9. The number of hydrogen-bond donors (Lipinski definition) is 2. The first-order chi connectivity index (χ1) is 8.26. The maximum atomic E-state index is 11.4. The summed E-state index contributed by atoms with van der Waals surface area (Å²) in [4.78, 5) is 33.0. The lowest BCUT2D eigenvalue weighted by Gasteiger charge is -2.19. The second kappa shape index (κ2) is 5.39. The summed E-state index contributed by atoms with van der Waals surface area (Å²) in [5.74, 6) is -1.05. The predicted molar refractivity (Wildman–Crippen MR) is 61.0 cm³/mol. The van der Waals surface area contributed by atoms with Crippen LogP contribution in [0.15, 0.2) is 6.33 Å². The Morgan fingerprint density at radius 2 is 2.06 bits per heavy atom. The summed E-state index contributed by atoms with van der Waals surface area (Å²) >= 11 is 0. The third kappa shape index (κ3) is 5.19. The molecule has 8 nitrogen and oxygen atoms in total. The fraction of sp³-hybridized carbons (Fsp3) is 0.500. The van der Waals surface area contributed by atoms with Gasteiger partial charge >= 0.3 is 12.1 Å². The van der Waals surface area contributed by atoms with Crippen molar-refractivity contribution in [3.05, 3.63) is 12.2 Å². The number of rotatable bonds is 3. The van der Waals surface area contributed by atoms with Gasteiger partial charge in [-0.1, -0.05) is 0 Å². The first kappa shape index (κ1) is 13.8. The number of hydrogen-bond acceptors (Lipinski definition) is 6. The molecule has 18 heavy (non-hydrogen) atoms. The average molecular weight is 254 g/mol. The number of carboxylic acids is 1. The Bertz CT molecular complexity index is 455. The van der Waals surface area contributed by atoms with Gasteiger partial charge in [0.1, 0.15) is 24.2 Å². The van der Waals surface area contributed by atoms with Crippen LogP contribution in [0.25, 0.3) is 0 Å². The third-order valence-corrected chi connectivity index (χ3v) is 1.54. The van der Waals surface area contributed by atoms with E-state index in [0.717, 1.165) is 6.33 Å². The highest BCUT2D eigenvalue weighted by Crippen LogP contribution is 2.08. The molecule has 0 saturated heterocycles. The van der Waals surface area contributed by atoms with E-state index in [4.69, 9.17) is 9.84 Å². The van der Waals surface area contributed by atoms with Gasteiger partial charge in [-0.3, -0.25) is 10.1 Å². The molecule has 0 atom stereocenters. The highest BCUT2D eigenvalue weighted by molar-refractivity contribution is 5.82. The summed E-state index contributed by atoms with van der Waals surface area (Å²) in [6, 6.07) is 0. The smallest absolute Gasteiger partial charge is 0.414 e. The van der Waals surface area contributed by atoms with Crippen LogP contribution in [0, 0.1) is 0 Å². The van der Waals surface area contributed by atoms with Crippen LogP contribution in [0.5, 0.6) is 0 Å². The molecular weight excluding hydrogens is 240 g/mol. The standard InChI is InChI=1S/C10H14N4O4/c1-10(2,3)18-9(17)14-8-12-5-11-6(13-8)4-7(15)16/h5H,4H2,1-3H3,(H,15,16)(H,11,12,13,14,17). The van der Waals surface area contributed by atoms with Gasteiger partial charge in [-0.15, -0.1) is 0 Å². The normalized spacial score (nSPS) is 10.8. The van der Waals surface area contributed by atoms with Crippen molar-refractivity contribution >= 4 is 18.0 Å². The molecule has 1 aromatic rings. The Balaban J connectivity index is 2.67. The van der Waals surface area contributed by atoms with E-state index < -0.39 is 17.7 Å². The van der Waals surface area contributed by atoms with Crippen LogP contribution in [0.4, 0.5) is 10.7 Å². The van der Waals surface area contributed by atoms with Crippen molar-refractivity contribution in [2.75, 3.05) is 5.32 Å². The number of amides is 1. The zero-order chi connectivity index (χ0) is 13.8. The summed E-state index contributed by atoms with van der Waals surface area (Å²) < 4.78 is 5.00. The Labute approximate surface area is 103 Å². The number of aromatic nitrogens is 3. The van der Waals surface area contributed by atoms with Crippen LogP contribution in [0.2, 0.25) is 0 Å². The molecule has 0 aliphatic carbocycles. The zero-order valence-corrected chi connectivity index (χ0v) is 10.3. The van der Waals surface area contributed by atoms with E-state index >= 15 is 0 Å². The van der Waals surface area contributed by atoms with Crippen molar-refractivity contribution in [3.8, 4) is 0 Å². The van der Waals surface area contributed by atoms with E-state index in [2.05, 4.69) is 20.3 Å². The largest absolute Gasteiger partial charge is 0.481 e. The lowest BCUT2D eigenvalue weighted by molar-refractivity contribution is -0.136. The Hall–Kier alpha value is -2.25. The number of ether oxygens (including phenoxy) is 1. The minimum atomic E-state index is -1.07. The monoisotopic (exact) mass is 254 g/mol. The minimum Gasteiger partial charge on any atom is -0.481 e. The van der Waals surface area contributed by atoms with E-state index in [9.17, 15) is 9.59 Å². The van der Waals surface area contributed by atoms with Gasteiger partial charge in [0.25, 0.3) is 0 Å². The van der Waals surface area contributed by atoms with Crippen molar-refractivity contribution in [2.45, 2.75) is 32.8 Å². The number of carbonyl (C=O) groups excluding carboxylic acids is 1. The number of aliphatic carboxylic acids is 1. The molecule has 0 spiro atoms. The van der Waals surface area contributed by atoms with Crippen LogP contribution in [0.1, 0.15) is 26.6 Å². The molecule has 1 aromatic heterocycles. The Morgan fingerprint density at radius 3 is 2.61 bits per heavy atom. The van der Waals surface area contributed by atoms with E-state index in [0.29, 0.717) is 0 Å². The maximum absolute atomic E-state index is 11.4. The van der Waals surface area contributed by atoms with E-state index in [1.807, 2.05) is 0 Å². The second-order valence-corrected chi connectivity index (χ2v) is 4.42. The lowest BCUT2D eigenvalue weighted by Crippen LogP contribution is -2.28. The molecule has 0 bridgehead atoms. The van der Waals surface area contributed by atoms with Gasteiger partial charge in [-0.2, -0.15) is 4.98 Å². The van der Waals surface area contributed by atoms with E-state index in [1.165, 1.54) is 0 Å². The molecule has 1 heterocycles. The van der Waals surface area contributed by atoms with Crippen molar-refractivity contribution in [1.82, 2.24) is 15.0 Å². The van der Waals surface area contributed by atoms with Crippen molar-refractivity contribution in [3.63, 3.8) is 0 Å². The van der Waals surface area contributed by atoms with Gasteiger partial charge in [0.05, 0.1) is 0 Å². The molecular formula is C10H14N4O4. The number of nitrogens with one attached hydrogen (secondary N) is 1. The third-order valence-electron chi connectivity index (χ3n) is 1.54. The van der Waals surface area contributed by atoms with Crippen molar-refractivity contribution in [1.29, 1.82) is 0 Å². The maximum Gasteiger partial charge on any atom is 0.414 e. The summed E-state index contributed by atoms with van der Waals surface area (Å²) in [7, 11) is 0. The fourth-order valence-electron chi connectivity index (χ4n) is 1.01. The van der Waals surface area contributed by atoms with Crippen molar-refractivity contribution in [2.24, 2.45) is 0 Å². The lowest BCUT2D eigenvalue weighted by atomic mass is 10.2. The first-order valence-electron chi connectivity index (χ1n) is 5.16. The van der Waals surface area contributed by atoms with Crippen LogP contribution in [-0.2, 0) is 16.0 Å². The molecule has 0 fully saturated rings. The molecule has 8 heteroatoms. The topological polar surface area (TPSA) is 114 Å². The van der Waals surface area contributed by atoms with E-state index in [-0.39, 0.29) is 18.2 Å². The number of anilines is 1. The number of carboxylic acid groups (broad SMARTS) is 1. The number of carbonyl (C=O) groups is 2. The van der Waals surface area contributed by atoms with Gasteiger partial charge < -0.3 is 9.84 Å². The molecule has 98 valence electrons. The van der Waals surface area contributed by atoms with Gasteiger partial charge in [-0.25, -0.2) is 14.8 Å². The van der Waals surface area contributed by atoms with Gasteiger partial charge in [0, 0.05) is 0 Å². The fourth-order valence-corrected chi connectivity index (χ4v) is 1.01. The minimum absolute atomic E-state index is 0.0458. The molecule has 1 rings (SSSR count). The molecule has 0 unspecified atom stereocenters. The average Bonchev–Trinajstić information content (AvgIpc) is 2.13. The summed E-state index contributed by atoms with van der Waals surface area (Å²) in [6.45, 7) is 5.15. The van der Waals surface area contributed by atoms with Gasteiger partial charge in [0.15, 0.2) is 0 Å². The molecule has 0 saturated carbocycles.